The van der Waals surface area contributed by atoms with Crippen molar-refractivity contribution in [3.63, 3.8) is 0 Å². The van der Waals surface area contributed by atoms with Crippen molar-refractivity contribution in [1.29, 1.82) is 0 Å². The first-order valence-corrected chi connectivity index (χ1v) is 9.75. The van der Waals surface area contributed by atoms with Crippen LogP contribution in [0.15, 0.2) is 60.7 Å². The third-order valence-electron chi connectivity index (χ3n) is 3.91. The second-order valence-corrected chi connectivity index (χ2v) is 8.25. The second kappa shape index (κ2) is 7.92. The summed E-state index contributed by atoms with van der Waals surface area (Å²) in [5.41, 5.74) is 1.93. The normalized spacial score (nSPS) is 12.5. The Balaban J connectivity index is 2.20. The lowest BCUT2D eigenvalue weighted by Crippen LogP contribution is -2.46. The number of nitrogens with zero attached hydrogens (tertiary/aromatic N) is 1. The monoisotopic (exact) mass is 347 g/mol. The fourth-order valence-corrected chi connectivity index (χ4v) is 2.94. The molecule has 0 fully saturated rings. The van der Waals surface area contributed by atoms with Crippen molar-refractivity contribution in [3.8, 4) is 0 Å². The average Bonchev–Trinajstić information content (AvgIpc) is 2.54. The molecule has 5 heteroatoms. The average molecular weight is 347 g/mol. The highest BCUT2D eigenvalue weighted by Gasteiger charge is 2.29. The Hall–Kier alpha value is -1.69. The van der Waals surface area contributed by atoms with Gasteiger partial charge in [0.15, 0.2) is 0 Å². The van der Waals surface area contributed by atoms with Gasteiger partial charge in [0, 0.05) is 18.6 Å². The zero-order valence-electron chi connectivity index (χ0n) is 14.5. The molecule has 4 nitrogen and oxygen atoms in total. The third kappa shape index (κ3) is 6.07. The highest BCUT2D eigenvalue weighted by Crippen LogP contribution is 2.22. The molecule has 0 aliphatic carbocycles. The SMILES string of the molecule is CC(C)(COS(C)(=O)=O)N(Cc1ccccc1)Cc1ccccc1. The quantitative estimate of drug-likeness (QED) is 0.686. The predicted molar refractivity (Wildman–Crippen MR) is 97.0 cm³/mol. The van der Waals surface area contributed by atoms with Crippen molar-refractivity contribution in [2.75, 3.05) is 12.9 Å². The fourth-order valence-electron chi connectivity index (χ4n) is 2.43. The van der Waals surface area contributed by atoms with Gasteiger partial charge in [-0.25, -0.2) is 0 Å². The maximum Gasteiger partial charge on any atom is 0.264 e. The zero-order valence-corrected chi connectivity index (χ0v) is 15.3. The summed E-state index contributed by atoms with van der Waals surface area (Å²) in [6, 6.07) is 20.3. The van der Waals surface area contributed by atoms with E-state index in [4.69, 9.17) is 4.18 Å². The molecule has 2 aromatic carbocycles. The first-order chi connectivity index (χ1) is 11.3. The van der Waals surface area contributed by atoms with Crippen LogP contribution in [0.5, 0.6) is 0 Å². The topological polar surface area (TPSA) is 46.6 Å². The summed E-state index contributed by atoms with van der Waals surface area (Å²) in [5, 5.41) is 0. The van der Waals surface area contributed by atoms with E-state index < -0.39 is 15.7 Å². The first-order valence-electron chi connectivity index (χ1n) is 7.94. The van der Waals surface area contributed by atoms with Gasteiger partial charge in [-0.05, 0) is 25.0 Å². The van der Waals surface area contributed by atoms with Crippen LogP contribution in [0.1, 0.15) is 25.0 Å². The van der Waals surface area contributed by atoms with Gasteiger partial charge in [0.25, 0.3) is 10.1 Å². The summed E-state index contributed by atoms with van der Waals surface area (Å²) in [4.78, 5) is 2.24. The van der Waals surface area contributed by atoms with E-state index in [1.165, 1.54) is 11.1 Å². The summed E-state index contributed by atoms with van der Waals surface area (Å²) in [6.07, 6.45) is 1.09. The Bertz CT molecular complexity index is 686. The molecule has 0 spiro atoms. The van der Waals surface area contributed by atoms with Gasteiger partial charge < -0.3 is 0 Å². The van der Waals surface area contributed by atoms with Gasteiger partial charge in [0.05, 0.1) is 12.9 Å². The second-order valence-electron chi connectivity index (χ2n) is 6.61. The molecule has 0 atom stereocenters. The maximum absolute atomic E-state index is 11.4. The number of hydrogen-bond acceptors (Lipinski definition) is 4. The zero-order chi connectivity index (χ0) is 17.6. The molecule has 0 saturated carbocycles. The largest absolute Gasteiger partial charge is 0.287 e. The molecule has 24 heavy (non-hydrogen) atoms. The van der Waals surface area contributed by atoms with Crippen LogP contribution in [0.3, 0.4) is 0 Å². The molecule has 2 aromatic rings. The predicted octanol–water partition coefficient (Wildman–Crippen LogP) is 3.44. The van der Waals surface area contributed by atoms with E-state index in [9.17, 15) is 8.42 Å². The van der Waals surface area contributed by atoms with E-state index >= 15 is 0 Å². The summed E-state index contributed by atoms with van der Waals surface area (Å²) in [5.74, 6) is 0. The number of hydrogen-bond donors (Lipinski definition) is 0. The fraction of sp³-hybridized carbons (Fsp3) is 0.368. The van der Waals surface area contributed by atoms with Gasteiger partial charge in [-0.15, -0.1) is 0 Å². The van der Waals surface area contributed by atoms with Crippen LogP contribution in [0.25, 0.3) is 0 Å². The lowest BCUT2D eigenvalue weighted by molar-refractivity contribution is 0.0563. The molecule has 0 aliphatic rings. The van der Waals surface area contributed by atoms with Crippen LogP contribution in [0.4, 0.5) is 0 Å². The molecule has 0 N–H and O–H groups in total. The molecule has 0 amide bonds. The first kappa shape index (κ1) is 18.6. The van der Waals surface area contributed by atoms with Crippen LogP contribution >= 0.6 is 0 Å². The Morgan fingerprint density at radius 2 is 1.29 bits per heavy atom. The molecule has 0 aliphatic heterocycles. The Kier molecular flexibility index (Phi) is 6.15. The Morgan fingerprint density at radius 3 is 1.67 bits per heavy atom. The molecule has 0 heterocycles. The van der Waals surface area contributed by atoms with E-state index in [1.807, 2.05) is 50.2 Å². The van der Waals surface area contributed by atoms with E-state index in [-0.39, 0.29) is 6.61 Å². The Labute approximate surface area is 145 Å². The van der Waals surface area contributed by atoms with Crippen LogP contribution in [-0.4, -0.2) is 31.7 Å². The van der Waals surface area contributed by atoms with Gasteiger partial charge in [-0.1, -0.05) is 60.7 Å². The molecule has 0 saturated heterocycles. The standard InChI is InChI=1S/C19H25NO3S/c1-19(2,16-23-24(3,21)22)20(14-17-10-6-4-7-11-17)15-18-12-8-5-9-13-18/h4-13H,14-16H2,1-3H3. The number of rotatable bonds is 8. The number of benzene rings is 2. The minimum Gasteiger partial charge on any atom is -0.287 e. The lowest BCUT2D eigenvalue weighted by Gasteiger charge is -2.38. The van der Waals surface area contributed by atoms with Crippen molar-refractivity contribution in [1.82, 2.24) is 4.90 Å². The van der Waals surface area contributed by atoms with E-state index in [0.29, 0.717) is 0 Å². The summed E-state index contributed by atoms with van der Waals surface area (Å²) < 4.78 is 27.8. The lowest BCUT2D eigenvalue weighted by atomic mass is 10.0. The molecule has 0 unspecified atom stereocenters. The van der Waals surface area contributed by atoms with Crippen molar-refractivity contribution in [3.05, 3.63) is 71.8 Å². The summed E-state index contributed by atoms with van der Waals surface area (Å²) in [7, 11) is -3.46. The van der Waals surface area contributed by atoms with Crippen LogP contribution in [0.2, 0.25) is 0 Å². The summed E-state index contributed by atoms with van der Waals surface area (Å²) in [6.45, 7) is 5.56. The van der Waals surface area contributed by atoms with Crippen LogP contribution < -0.4 is 0 Å². The van der Waals surface area contributed by atoms with E-state index in [2.05, 4.69) is 29.2 Å². The molecule has 0 aromatic heterocycles. The smallest absolute Gasteiger partial charge is 0.264 e. The minimum absolute atomic E-state index is 0.117. The highest BCUT2D eigenvalue weighted by molar-refractivity contribution is 7.85. The molecule has 130 valence electrons. The molecular formula is C19H25NO3S. The van der Waals surface area contributed by atoms with Crippen molar-refractivity contribution in [2.45, 2.75) is 32.5 Å². The van der Waals surface area contributed by atoms with E-state index in [0.717, 1.165) is 19.3 Å². The minimum atomic E-state index is -3.46. The van der Waals surface area contributed by atoms with Gasteiger partial charge in [-0.2, -0.15) is 8.42 Å². The summed E-state index contributed by atoms with van der Waals surface area (Å²) >= 11 is 0. The van der Waals surface area contributed by atoms with Gasteiger partial charge in [-0.3, -0.25) is 9.08 Å². The van der Waals surface area contributed by atoms with Crippen molar-refractivity contribution < 1.29 is 12.6 Å². The van der Waals surface area contributed by atoms with Crippen LogP contribution in [0, 0.1) is 0 Å². The van der Waals surface area contributed by atoms with Crippen molar-refractivity contribution in [2.24, 2.45) is 0 Å². The molecular weight excluding hydrogens is 322 g/mol. The molecule has 0 radical (unpaired) electrons. The van der Waals surface area contributed by atoms with Gasteiger partial charge in [0.2, 0.25) is 0 Å². The van der Waals surface area contributed by atoms with E-state index in [1.54, 1.807) is 0 Å². The van der Waals surface area contributed by atoms with Gasteiger partial charge in [0.1, 0.15) is 0 Å². The maximum atomic E-state index is 11.4. The molecule has 2 rings (SSSR count). The van der Waals surface area contributed by atoms with Crippen LogP contribution in [-0.2, 0) is 27.4 Å². The van der Waals surface area contributed by atoms with Crippen molar-refractivity contribution >= 4 is 10.1 Å². The third-order valence-corrected chi connectivity index (χ3v) is 4.46. The Morgan fingerprint density at radius 1 is 0.875 bits per heavy atom. The highest BCUT2D eigenvalue weighted by atomic mass is 32.2. The molecule has 0 bridgehead atoms. The van der Waals surface area contributed by atoms with Gasteiger partial charge >= 0.3 is 0 Å².